The summed E-state index contributed by atoms with van der Waals surface area (Å²) in [4.78, 5) is 44.9. The Hall–Kier alpha value is -2.45. The fourth-order valence-corrected chi connectivity index (χ4v) is 4.81. The average Bonchev–Trinajstić information content (AvgIpc) is 2.85. The standard InChI is InChI=1S/C28H46N4O4/c1-9-13-23(22-16-14-20(5)15-17-22)29-27(35)32-25(34)28(10-2,11-3)26(32)36-21(6)24(33)31(12-4)19-18-30(7)8/h14-17,21,23,26H,9-13,18-19H2,1-8H3,(H,29,35)/t21-,23+,26-/m0/s1. The molecule has 3 atom stereocenters. The lowest BCUT2D eigenvalue weighted by molar-refractivity contribution is -0.222. The molecule has 4 amide bonds. The minimum atomic E-state index is -0.809. The molecule has 8 nitrogen and oxygen atoms in total. The van der Waals surface area contributed by atoms with Gasteiger partial charge in [-0.05, 0) is 59.7 Å². The number of hydrogen-bond donors (Lipinski definition) is 1. The summed E-state index contributed by atoms with van der Waals surface area (Å²) in [5.74, 6) is -0.377. The molecule has 0 spiro atoms. The van der Waals surface area contributed by atoms with E-state index in [4.69, 9.17) is 4.74 Å². The minimum Gasteiger partial charge on any atom is -0.344 e. The first-order valence-electron chi connectivity index (χ1n) is 13.4. The van der Waals surface area contributed by atoms with E-state index in [1.54, 1.807) is 11.8 Å². The fourth-order valence-electron chi connectivity index (χ4n) is 4.81. The summed E-state index contributed by atoms with van der Waals surface area (Å²) in [7, 11) is 3.93. The predicted molar refractivity (Wildman–Crippen MR) is 142 cm³/mol. The number of imide groups is 1. The van der Waals surface area contributed by atoms with Gasteiger partial charge in [-0.25, -0.2) is 9.69 Å². The zero-order chi connectivity index (χ0) is 27.0. The summed E-state index contributed by atoms with van der Waals surface area (Å²) in [6.07, 6.45) is 1.14. The maximum absolute atomic E-state index is 13.4. The van der Waals surface area contributed by atoms with E-state index in [1.165, 1.54) is 4.90 Å². The second kappa shape index (κ2) is 13.2. The Morgan fingerprint density at radius 2 is 1.69 bits per heavy atom. The third-order valence-electron chi connectivity index (χ3n) is 7.38. The Balaban J connectivity index is 2.23. The lowest BCUT2D eigenvalue weighted by atomic mass is 9.72. The van der Waals surface area contributed by atoms with Crippen molar-refractivity contribution in [2.45, 2.75) is 85.6 Å². The van der Waals surface area contributed by atoms with E-state index < -0.39 is 23.8 Å². The molecular formula is C28H46N4O4. The molecule has 0 unspecified atom stereocenters. The van der Waals surface area contributed by atoms with Crippen molar-refractivity contribution in [3.05, 3.63) is 35.4 Å². The van der Waals surface area contributed by atoms with Crippen LogP contribution in [0.5, 0.6) is 0 Å². The van der Waals surface area contributed by atoms with E-state index in [1.807, 2.05) is 71.0 Å². The number of carbonyl (C=O) groups excluding carboxylic acids is 3. The zero-order valence-corrected chi connectivity index (χ0v) is 23.5. The van der Waals surface area contributed by atoms with Crippen molar-refractivity contribution < 1.29 is 19.1 Å². The Morgan fingerprint density at radius 3 is 2.19 bits per heavy atom. The van der Waals surface area contributed by atoms with Crippen LogP contribution in [0.15, 0.2) is 24.3 Å². The summed E-state index contributed by atoms with van der Waals surface area (Å²) in [5.41, 5.74) is 1.34. The molecular weight excluding hydrogens is 456 g/mol. The van der Waals surface area contributed by atoms with Crippen LogP contribution < -0.4 is 5.32 Å². The number of aryl methyl sites for hydroxylation is 1. The molecule has 0 radical (unpaired) electrons. The second-order valence-electron chi connectivity index (χ2n) is 10.1. The van der Waals surface area contributed by atoms with E-state index in [9.17, 15) is 14.4 Å². The molecule has 1 aromatic rings. The van der Waals surface area contributed by atoms with Gasteiger partial charge in [-0.1, -0.05) is 57.0 Å². The molecule has 0 bridgehead atoms. The van der Waals surface area contributed by atoms with Gasteiger partial charge in [0, 0.05) is 19.6 Å². The quantitative estimate of drug-likeness (QED) is 0.406. The number of β-lactam (4-membered cyclic amide) rings is 1. The van der Waals surface area contributed by atoms with Crippen LogP contribution in [-0.4, -0.2) is 78.6 Å². The Morgan fingerprint density at radius 1 is 1.08 bits per heavy atom. The number of likely N-dealkylation sites (N-methyl/N-ethyl adjacent to an activating group) is 2. The van der Waals surface area contributed by atoms with Gasteiger partial charge >= 0.3 is 6.03 Å². The molecule has 1 N–H and O–H groups in total. The fraction of sp³-hybridized carbons (Fsp3) is 0.679. The highest BCUT2D eigenvalue weighted by Gasteiger charge is 2.62. The first-order valence-corrected chi connectivity index (χ1v) is 13.4. The highest BCUT2D eigenvalue weighted by atomic mass is 16.5. The van der Waals surface area contributed by atoms with Gasteiger partial charge in [0.15, 0.2) is 6.23 Å². The molecule has 0 aromatic heterocycles. The first-order chi connectivity index (χ1) is 17.1. The number of benzene rings is 1. The van der Waals surface area contributed by atoms with Crippen LogP contribution in [0, 0.1) is 12.3 Å². The molecule has 1 heterocycles. The molecule has 1 aliphatic heterocycles. The van der Waals surface area contributed by atoms with Crippen LogP contribution in [0.3, 0.4) is 0 Å². The topological polar surface area (TPSA) is 82.2 Å². The summed E-state index contributed by atoms with van der Waals surface area (Å²) in [6.45, 7) is 13.5. The van der Waals surface area contributed by atoms with E-state index >= 15 is 0 Å². The molecule has 8 heteroatoms. The zero-order valence-electron chi connectivity index (χ0n) is 23.5. The van der Waals surface area contributed by atoms with Crippen molar-refractivity contribution in [3.63, 3.8) is 0 Å². The maximum Gasteiger partial charge on any atom is 0.326 e. The lowest BCUT2D eigenvalue weighted by Crippen LogP contribution is -2.73. The molecule has 1 saturated heterocycles. The van der Waals surface area contributed by atoms with E-state index in [-0.39, 0.29) is 17.9 Å². The average molecular weight is 503 g/mol. The first kappa shape index (κ1) is 29.8. The van der Waals surface area contributed by atoms with Crippen molar-refractivity contribution in [1.29, 1.82) is 0 Å². The number of nitrogens with zero attached hydrogens (tertiary/aromatic N) is 3. The number of amides is 4. The number of urea groups is 1. The molecule has 1 fully saturated rings. The normalized spacial score (nSPS) is 18.5. The van der Waals surface area contributed by atoms with Gasteiger partial charge in [-0.3, -0.25) is 9.59 Å². The number of rotatable bonds is 13. The van der Waals surface area contributed by atoms with Gasteiger partial charge in [0.1, 0.15) is 6.10 Å². The van der Waals surface area contributed by atoms with Crippen LogP contribution in [-0.2, 0) is 14.3 Å². The van der Waals surface area contributed by atoms with E-state index in [2.05, 4.69) is 12.2 Å². The van der Waals surface area contributed by atoms with Gasteiger partial charge in [0.2, 0.25) is 5.91 Å². The van der Waals surface area contributed by atoms with Crippen LogP contribution in [0.25, 0.3) is 0 Å². The van der Waals surface area contributed by atoms with Crippen LogP contribution in [0.2, 0.25) is 0 Å². The van der Waals surface area contributed by atoms with Crippen molar-refractivity contribution in [1.82, 2.24) is 20.0 Å². The SMILES string of the molecule is CCC[C@@H](NC(=O)N1C(=O)C(CC)(CC)[C@@H]1O[C@@H](C)C(=O)N(CC)CCN(C)C)c1ccc(C)cc1. The van der Waals surface area contributed by atoms with E-state index in [0.29, 0.717) is 25.9 Å². The summed E-state index contributed by atoms with van der Waals surface area (Å²) in [5, 5.41) is 3.06. The molecule has 36 heavy (non-hydrogen) atoms. The van der Waals surface area contributed by atoms with Gasteiger partial charge in [0.25, 0.3) is 5.91 Å². The molecule has 1 aliphatic rings. The monoisotopic (exact) mass is 502 g/mol. The Labute approximate surface area is 217 Å². The van der Waals surface area contributed by atoms with Gasteiger partial charge in [-0.2, -0.15) is 0 Å². The number of likely N-dealkylation sites (tertiary alicyclic amines) is 1. The molecule has 1 aromatic carbocycles. The highest BCUT2D eigenvalue weighted by Crippen LogP contribution is 2.46. The molecule has 0 saturated carbocycles. The summed E-state index contributed by atoms with van der Waals surface area (Å²) in [6, 6.07) is 7.38. The van der Waals surface area contributed by atoms with Crippen LogP contribution in [0.4, 0.5) is 4.79 Å². The lowest BCUT2D eigenvalue weighted by Gasteiger charge is -2.54. The summed E-state index contributed by atoms with van der Waals surface area (Å²) >= 11 is 0. The van der Waals surface area contributed by atoms with Gasteiger partial charge < -0.3 is 19.9 Å². The third kappa shape index (κ3) is 6.45. The van der Waals surface area contributed by atoms with Crippen molar-refractivity contribution in [2.75, 3.05) is 33.7 Å². The minimum absolute atomic E-state index is 0.135. The maximum atomic E-state index is 13.4. The second-order valence-corrected chi connectivity index (χ2v) is 10.1. The van der Waals surface area contributed by atoms with Crippen LogP contribution >= 0.6 is 0 Å². The van der Waals surface area contributed by atoms with Gasteiger partial charge in [0.05, 0.1) is 11.5 Å². The van der Waals surface area contributed by atoms with Crippen molar-refractivity contribution in [2.24, 2.45) is 5.41 Å². The number of nitrogens with one attached hydrogen (secondary N) is 1. The number of carbonyl (C=O) groups is 3. The molecule has 2 rings (SSSR count). The Kier molecular flexibility index (Phi) is 10.9. The third-order valence-corrected chi connectivity index (χ3v) is 7.38. The largest absolute Gasteiger partial charge is 0.344 e. The predicted octanol–water partition coefficient (Wildman–Crippen LogP) is 4.34. The Bertz CT molecular complexity index is 882. The summed E-state index contributed by atoms with van der Waals surface area (Å²) < 4.78 is 6.24. The van der Waals surface area contributed by atoms with Crippen molar-refractivity contribution >= 4 is 17.8 Å². The number of ether oxygens (including phenoxy) is 1. The molecule has 0 aliphatic carbocycles. The van der Waals surface area contributed by atoms with Gasteiger partial charge in [-0.15, -0.1) is 0 Å². The smallest absolute Gasteiger partial charge is 0.326 e. The van der Waals surface area contributed by atoms with Crippen LogP contribution in [0.1, 0.15) is 77.5 Å². The van der Waals surface area contributed by atoms with E-state index in [0.717, 1.165) is 30.5 Å². The molecule has 202 valence electrons. The van der Waals surface area contributed by atoms with Crippen molar-refractivity contribution in [3.8, 4) is 0 Å². The number of hydrogen-bond acceptors (Lipinski definition) is 5. The highest BCUT2D eigenvalue weighted by molar-refractivity contribution is 6.03.